The molecule has 0 saturated carbocycles. The van der Waals surface area contributed by atoms with E-state index < -0.39 is 17.7 Å². The van der Waals surface area contributed by atoms with Gasteiger partial charge in [0.25, 0.3) is 0 Å². The zero-order chi connectivity index (χ0) is 21.5. The Hall–Kier alpha value is -2.46. The van der Waals surface area contributed by atoms with Crippen molar-refractivity contribution in [2.45, 2.75) is 46.3 Å². The number of fused-ring (bicyclic) bond motifs is 1. The van der Waals surface area contributed by atoms with Crippen molar-refractivity contribution >= 4 is 39.1 Å². The van der Waals surface area contributed by atoms with Crippen LogP contribution in [-0.2, 0) is 9.53 Å². The number of carbonyl (C=O) groups is 1. The lowest BCUT2D eigenvalue weighted by atomic mass is 9.88. The Balaban J connectivity index is 2.48. The van der Waals surface area contributed by atoms with Crippen LogP contribution in [0.3, 0.4) is 0 Å². The average Bonchev–Trinajstić information content (AvgIpc) is 3.00. The van der Waals surface area contributed by atoms with Gasteiger partial charge in [0.05, 0.1) is 20.9 Å². The number of hydrogen-bond acceptors (Lipinski definition) is 5. The van der Waals surface area contributed by atoms with Gasteiger partial charge >= 0.3 is 5.97 Å². The van der Waals surface area contributed by atoms with Gasteiger partial charge in [-0.1, -0.05) is 23.7 Å². The van der Waals surface area contributed by atoms with E-state index in [-0.39, 0.29) is 0 Å². The molecule has 3 rings (SSSR count). The fourth-order valence-electron chi connectivity index (χ4n) is 3.34. The fraction of sp³-hybridized carbons (Fsp3) is 0.318. The zero-order valence-electron chi connectivity index (χ0n) is 16.8. The average molecular weight is 429 g/mol. The molecule has 1 aromatic heterocycles. The number of benzene rings is 2. The molecule has 1 heterocycles. The lowest BCUT2D eigenvalue weighted by Gasteiger charge is -2.28. The molecule has 0 spiro atoms. The molecule has 1 N–H and O–H groups in total. The molecule has 0 amide bonds. The van der Waals surface area contributed by atoms with Crippen LogP contribution in [0.15, 0.2) is 24.3 Å². The van der Waals surface area contributed by atoms with Crippen molar-refractivity contribution in [2.75, 3.05) is 0 Å². The van der Waals surface area contributed by atoms with E-state index in [9.17, 15) is 15.2 Å². The van der Waals surface area contributed by atoms with Gasteiger partial charge in [-0.2, -0.15) is 5.26 Å². The second-order valence-corrected chi connectivity index (χ2v) is 9.41. The van der Waals surface area contributed by atoms with E-state index in [1.165, 1.54) is 11.3 Å². The fourth-order valence-corrected chi connectivity index (χ4v) is 4.47. The number of ether oxygens (including phenoxy) is 1. The summed E-state index contributed by atoms with van der Waals surface area (Å²) in [6.45, 7) is 9.04. The number of carboxylic acid groups (broad SMARTS) is 1. The van der Waals surface area contributed by atoms with Gasteiger partial charge in [0.15, 0.2) is 6.10 Å². The molecule has 0 radical (unpaired) electrons. The highest BCUT2D eigenvalue weighted by molar-refractivity contribution is 7.19. The third kappa shape index (κ3) is 4.13. The van der Waals surface area contributed by atoms with Crippen LogP contribution in [0.1, 0.15) is 48.6 Å². The van der Waals surface area contributed by atoms with Crippen molar-refractivity contribution in [2.24, 2.45) is 0 Å². The van der Waals surface area contributed by atoms with E-state index in [2.05, 4.69) is 11.1 Å². The molecule has 1 unspecified atom stereocenters. The van der Waals surface area contributed by atoms with Crippen molar-refractivity contribution < 1.29 is 14.6 Å². The number of nitrogens with zero attached hydrogens (tertiary/aromatic N) is 2. The number of hydrogen-bond donors (Lipinski definition) is 1. The van der Waals surface area contributed by atoms with E-state index in [1.807, 2.05) is 19.1 Å². The molecule has 0 aliphatic carbocycles. The number of thiazole rings is 1. The Morgan fingerprint density at radius 1 is 1.28 bits per heavy atom. The first kappa shape index (κ1) is 21.3. The first-order chi connectivity index (χ1) is 13.5. The molecule has 0 bridgehead atoms. The van der Waals surface area contributed by atoms with Crippen LogP contribution in [0.5, 0.6) is 0 Å². The van der Waals surface area contributed by atoms with Crippen molar-refractivity contribution in [3.8, 4) is 17.2 Å². The largest absolute Gasteiger partial charge is 0.479 e. The van der Waals surface area contributed by atoms with Crippen LogP contribution in [0.4, 0.5) is 0 Å². The molecular formula is C22H21ClN2O3S. The number of rotatable bonds is 4. The van der Waals surface area contributed by atoms with Gasteiger partial charge in [0.2, 0.25) is 0 Å². The Kier molecular flexibility index (Phi) is 5.68. The van der Waals surface area contributed by atoms with Crippen molar-refractivity contribution in [3.05, 3.63) is 51.0 Å². The number of halogens is 1. The van der Waals surface area contributed by atoms with Gasteiger partial charge in [0.1, 0.15) is 11.6 Å². The summed E-state index contributed by atoms with van der Waals surface area (Å²) in [6.07, 6.45) is -1.24. The highest BCUT2D eigenvalue weighted by Gasteiger charge is 2.33. The Morgan fingerprint density at radius 2 is 1.90 bits per heavy atom. The molecule has 0 saturated heterocycles. The van der Waals surface area contributed by atoms with Gasteiger partial charge < -0.3 is 9.84 Å². The SMILES string of the molecule is Cc1nc2c(C#N)c(C)c(C(OC(C)(C)C)C(=O)O)c(-c3ccc(Cl)cc3)c2s1. The minimum absolute atomic E-state index is 0.376. The maximum atomic E-state index is 12.3. The monoisotopic (exact) mass is 428 g/mol. The lowest BCUT2D eigenvalue weighted by molar-refractivity contribution is -0.160. The van der Waals surface area contributed by atoms with Crippen LogP contribution in [0, 0.1) is 25.2 Å². The molecule has 150 valence electrons. The maximum Gasteiger partial charge on any atom is 0.337 e. The number of aromatic nitrogens is 1. The molecule has 0 fully saturated rings. The Labute approximate surface area is 178 Å². The summed E-state index contributed by atoms with van der Waals surface area (Å²) in [4.78, 5) is 16.8. The second-order valence-electron chi connectivity index (χ2n) is 7.77. The molecule has 0 aliphatic heterocycles. The minimum atomic E-state index is -1.24. The zero-order valence-corrected chi connectivity index (χ0v) is 18.4. The summed E-state index contributed by atoms with van der Waals surface area (Å²) >= 11 is 7.50. The van der Waals surface area contributed by atoms with Gasteiger partial charge in [-0.15, -0.1) is 11.3 Å². The van der Waals surface area contributed by atoms with Crippen LogP contribution in [0.2, 0.25) is 5.02 Å². The highest BCUT2D eigenvalue weighted by atomic mass is 35.5. The van der Waals surface area contributed by atoms with Crippen molar-refractivity contribution in [3.63, 3.8) is 0 Å². The smallest absolute Gasteiger partial charge is 0.337 e. The molecular weight excluding hydrogens is 408 g/mol. The van der Waals surface area contributed by atoms with E-state index in [4.69, 9.17) is 16.3 Å². The molecule has 5 nitrogen and oxygen atoms in total. The number of nitriles is 1. The van der Waals surface area contributed by atoms with Crippen LogP contribution in [-0.4, -0.2) is 21.7 Å². The molecule has 2 aromatic carbocycles. The molecule has 29 heavy (non-hydrogen) atoms. The minimum Gasteiger partial charge on any atom is -0.479 e. The summed E-state index contributed by atoms with van der Waals surface area (Å²) < 4.78 is 6.73. The number of aryl methyl sites for hydroxylation is 1. The van der Waals surface area contributed by atoms with Crippen molar-refractivity contribution in [1.82, 2.24) is 4.98 Å². The van der Waals surface area contributed by atoms with Gasteiger partial charge in [-0.3, -0.25) is 0 Å². The number of aliphatic carboxylic acids is 1. The quantitative estimate of drug-likeness (QED) is 0.547. The summed E-state index contributed by atoms with van der Waals surface area (Å²) in [5.74, 6) is -1.11. The summed E-state index contributed by atoms with van der Waals surface area (Å²) in [6, 6.07) is 9.42. The first-order valence-electron chi connectivity index (χ1n) is 9.03. The highest BCUT2D eigenvalue weighted by Crippen LogP contribution is 2.44. The topological polar surface area (TPSA) is 83.2 Å². The lowest BCUT2D eigenvalue weighted by Crippen LogP contribution is -2.28. The standard InChI is InChI=1S/C22H21ClN2O3S/c1-11-15(10-24)18-20(29-12(2)25-18)17(13-6-8-14(23)9-7-13)16(11)19(21(26)27)28-22(3,4)5/h6-9,19H,1-5H3,(H,26,27). The van der Waals surface area contributed by atoms with E-state index in [0.29, 0.717) is 27.2 Å². The van der Waals surface area contributed by atoms with Crippen molar-refractivity contribution in [1.29, 1.82) is 5.26 Å². The first-order valence-corrected chi connectivity index (χ1v) is 10.2. The predicted molar refractivity (Wildman–Crippen MR) is 115 cm³/mol. The molecule has 3 aromatic rings. The molecule has 0 aliphatic rings. The normalized spacial score (nSPS) is 12.7. The maximum absolute atomic E-state index is 12.3. The van der Waals surface area contributed by atoms with Gasteiger partial charge in [0, 0.05) is 16.1 Å². The summed E-state index contributed by atoms with van der Waals surface area (Å²) in [5.41, 5.74) is 2.82. The van der Waals surface area contributed by atoms with Gasteiger partial charge in [-0.25, -0.2) is 9.78 Å². The third-order valence-corrected chi connectivity index (χ3v) is 5.69. The van der Waals surface area contributed by atoms with Gasteiger partial charge in [-0.05, 0) is 57.9 Å². The van der Waals surface area contributed by atoms with E-state index >= 15 is 0 Å². The van der Waals surface area contributed by atoms with Crippen LogP contribution in [0.25, 0.3) is 21.3 Å². The predicted octanol–water partition coefficient (Wildman–Crippen LogP) is 6.05. The Bertz CT molecular complexity index is 1140. The van der Waals surface area contributed by atoms with Crippen LogP contribution >= 0.6 is 22.9 Å². The number of carboxylic acids is 1. The Morgan fingerprint density at radius 3 is 2.41 bits per heavy atom. The van der Waals surface area contributed by atoms with E-state index in [0.717, 1.165) is 20.8 Å². The third-order valence-electron chi connectivity index (χ3n) is 4.45. The van der Waals surface area contributed by atoms with Crippen LogP contribution < -0.4 is 0 Å². The van der Waals surface area contributed by atoms with E-state index in [1.54, 1.807) is 39.8 Å². The summed E-state index contributed by atoms with van der Waals surface area (Å²) in [7, 11) is 0. The summed E-state index contributed by atoms with van der Waals surface area (Å²) in [5, 5.41) is 21.2. The second kappa shape index (κ2) is 7.75. The molecule has 1 atom stereocenters. The molecule has 7 heteroatoms.